The molecule has 1 heterocycles. The number of rotatable bonds is 15. The van der Waals surface area contributed by atoms with Gasteiger partial charge in [0.05, 0.1) is 19.7 Å². The number of quaternary nitrogens is 1. The molecule has 0 bridgehead atoms. The Hall–Kier alpha value is -0.940. The number of nitrogens with zero attached hydrogens (tertiary/aromatic N) is 2. The average Bonchev–Trinajstić information content (AvgIpc) is 2.95. The average molecular weight is 341 g/mol. The quantitative estimate of drug-likeness (QED) is 0.367. The number of aliphatic hydroxyl groups excluding tert-OH is 1. The zero-order valence-corrected chi connectivity index (χ0v) is 15.5. The van der Waals surface area contributed by atoms with E-state index in [0.29, 0.717) is 17.6 Å². The Morgan fingerprint density at radius 3 is 2.29 bits per heavy atom. The van der Waals surface area contributed by atoms with Crippen LogP contribution in [-0.4, -0.2) is 54.2 Å². The molecule has 1 aliphatic heterocycles. The Kier molecular flexibility index (Phi) is 10.9. The summed E-state index contributed by atoms with van der Waals surface area (Å²) in [6.07, 6.45) is 12.6. The molecule has 0 aromatic carbocycles. The molecule has 5 nitrogen and oxygen atoms in total. The summed E-state index contributed by atoms with van der Waals surface area (Å²) in [5, 5.41) is 20.2. The Morgan fingerprint density at radius 1 is 1.08 bits per heavy atom. The molecule has 24 heavy (non-hydrogen) atoms. The highest BCUT2D eigenvalue weighted by Crippen LogP contribution is 2.21. The van der Waals surface area contributed by atoms with Crippen molar-refractivity contribution in [3.05, 3.63) is 0 Å². The van der Waals surface area contributed by atoms with Gasteiger partial charge in [0.2, 0.25) is 0 Å². The van der Waals surface area contributed by atoms with Gasteiger partial charge in [0.25, 0.3) is 0 Å². The van der Waals surface area contributed by atoms with Crippen LogP contribution in [0.2, 0.25) is 0 Å². The molecule has 1 unspecified atom stereocenters. The number of amidine groups is 1. The fraction of sp³-hybridized carbons (Fsp3) is 0.895. The third-order valence-corrected chi connectivity index (χ3v) is 5.15. The molecule has 0 aromatic heterocycles. The van der Waals surface area contributed by atoms with Crippen molar-refractivity contribution in [2.24, 2.45) is 4.99 Å². The Bertz CT molecular complexity index is 385. The number of hydrogen-bond acceptors (Lipinski definition) is 4. The molecule has 0 aromatic rings. The largest absolute Gasteiger partial charge is 0.550 e. The second kappa shape index (κ2) is 12.4. The summed E-state index contributed by atoms with van der Waals surface area (Å²) in [5.41, 5.74) is 0. The van der Waals surface area contributed by atoms with Crippen molar-refractivity contribution in [2.75, 3.05) is 32.8 Å². The second-order valence-electron chi connectivity index (χ2n) is 7.04. The number of carbonyl (C=O) groups excluding carboxylic acids is 1. The molecular formula is C19H36N2O3. The lowest BCUT2D eigenvalue weighted by Crippen LogP contribution is -2.54. The molecule has 0 saturated carbocycles. The molecule has 0 aliphatic carbocycles. The molecule has 0 fully saturated rings. The Balaban J connectivity index is 2.25. The third kappa shape index (κ3) is 7.75. The predicted molar refractivity (Wildman–Crippen MR) is 95.7 cm³/mol. The van der Waals surface area contributed by atoms with E-state index >= 15 is 0 Å². The van der Waals surface area contributed by atoms with Gasteiger partial charge in [-0.25, -0.2) is 4.99 Å². The van der Waals surface area contributed by atoms with Gasteiger partial charge in [0, 0.05) is 18.8 Å². The summed E-state index contributed by atoms with van der Waals surface area (Å²) in [6, 6.07) is 0. The van der Waals surface area contributed by atoms with E-state index in [-0.39, 0.29) is 13.0 Å². The monoisotopic (exact) mass is 340 g/mol. The first-order valence-electron chi connectivity index (χ1n) is 9.85. The normalized spacial score (nSPS) is 20.3. The van der Waals surface area contributed by atoms with E-state index in [4.69, 9.17) is 0 Å². The van der Waals surface area contributed by atoms with Crippen LogP contribution in [-0.2, 0) is 4.79 Å². The topological polar surface area (TPSA) is 72.7 Å². The lowest BCUT2D eigenvalue weighted by molar-refractivity contribution is -0.836. The van der Waals surface area contributed by atoms with E-state index in [0.717, 1.165) is 31.8 Å². The van der Waals surface area contributed by atoms with Crippen LogP contribution in [0.1, 0.15) is 77.6 Å². The number of aliphatic imine (C=N–C) groups is 1. The van der Waals surface area contributed by atoms with Crippen LogP contribution in [0.15, 0.2) is 4.99 Å². The number of hydrogen-bond donors (Lipinski definition) is 1. The highest BCUT2D eigenvalue weighted by Gasteiger charge is 2.36. The van der Waals surface area contributed by atoms with Gasteiger partial charge in [0.15, 0.2) is 5.84 Å². The van der Waals surface area contributed by atoms with Crippen molar-refractivity contribution in [3.8, 4) is 0 Å². The number of unbranched alkanes of at least 4 members (excludes halogenated alkanes) is 8. The third-order valence-electron chi connectivity index (χ3n) is 5.15. The van der Waals surface area contributed by atoms with Gasteiger partial charge in [-0.05, 0) is 6.42 Å². The molecule has 5 heteroatoms. The highest BCUT2D eigenvalue weighted by atomic mass is 16.4. The van der Waals surface area contributed by atoms with E-state index in [9.17, 15) is 15.0 Å². The van der Waals surface area contributed by atoms with Crippen molar-refractivity contribution < 1.29 is 19.5 Å². The Morgan fingerprint density at radius 2 is 1.71 bits per heavy atom. The molecule has 0 spiro atoms. The van der Waals surface area contributed by atoms with Crippen LogP contribution in [0, 0.1) is 0 Å². The maximum Gasteiger partial charge on any atom is 0.198 e. The van der Waals surface area contributed by atoms with E-state index in [1.54, 1.807) is 0 Å². The molecule has 140 valence electrons. The van der Waals surface area contributed by atoms with Crippen LogP contribution in [0.5, 0.6) is 0 Å². The van der Waals surface area contributed by atoms with Crippen molar-refractivity contribution in [3.63, 3.8) is 0 Å². The van der Waals surface area contributed by atoms with Crippen molar-refractivity contribution in [1.29, 1.82) is 0 Å². The van der Waals surface area contributed by atoms with Crippen LogP contribution in [0.25, 0.3) is 0 Å². The van der Waals surface area contributed by atoms with E-state index in [1.165, 1.54) is 51.4 Å². The van der Waals surface area contributed by atoms with Gasteiger partial charge in [0.1, 0.15) is 13.1 Å². The van der Waals surface area contributed by atoms with Crippen LogP contribution in [0.4, 0.5) is 0 Å². The van der Waals surface area contributed by atoms with Gasteiger partial charge in [-0.1, -0.05) is 58.3 Å². The van der Waals surface area contributed by atoms with Gasteiger partial charge < -0.3 is 15.0 Å². The van der Waals surface area contributed by atoms with Crippen molar-refractivity contribution in [1.82, 2.24) is 0 Å². The molecule has 1 N–H and O–H groups in total. The number of aliphatic hydroxyl groups is 1. The highest BCUT2D eigenvalue weighted by molar-refractivity contribution is 5.77. The molecule has 0 amide bonds. The minimum Gasteiger partial charge on any atom is -0.550 e. The molecule has 0 saturated heterocycles. The first-order chi connectivity index (χ1) is 11.6. The van der Waals surface area contributed by atoms with Gasteiger partial charge >= 0.3 is 0 Å². The summed E-state index contributed by atoms with van der Waals surface area (Å²) >= 11 is 0. The summed E-state index contributed by atoms with van der Waals surface area (Å²) in [4.78, 5) is 15.4. The van der Waals surface area contributed by atoms with Gasteiger partial charge in [-0.15, -0.1) is 0 Å². The lowest BCUT2D eigenvalue weighted by Gasteiger charge is -2.34. The standard InChI is InChI=1S/C19H36N2O3/c1-2-3-4-5-6-7-8-9-10-11-18-20-13-15-21(18,16-17-22)14-12-19(23)24/h22H,2-17H2,1H3. The molecule has 0 radical (unpaired) electrons. The zero-order valence-electron chi connectivity index (χ0n) is 15.5. The zero-order chi connectivity index (χ0) is 17.7. The Labute approximate surface area is 147 Å². The molecule has 1 rings (SSSR count). The first-order valence-corrected chi connectivity index (χ1v) is 9.85. The van der Waals surface area contributed by atoms with Gasteiger partial charge in [-0.3, -0.25) is 4.48 Å². The fourth-order valence-electron chi connectivity index (χ4n) is 3.65. The van der Waals surface area contributed by atoms with Crippen LogP contribution >= 0.6 is 0 Å². The SMILES string of the molecule is CCCCCCCCCCCC1=NCC[N+]1(CCO)CCC(=O)[O-]. The number of carboxylic acid groups (broad SMARTS) is 1. The summed E-state index contributed by atoms with van der Waals surface area (Å²) in [5.74, 6) is 0.0769. The predicted octanol–water partition coefficient (Wildman–Crippen LogP) is 2.27. The molecular weight excluding hydrogens is 304 g/mol. The number of carbonyl (C=O) groups is 1. The maximum atomic E-state index is 10.8. The first kappa shape index (κ1) is 21.1. The molecule has 1 aliphatic rings. The summed E-state index contributed by atoms with van der Waals surface area (Å²) in [7, 11) is 0. The summed E-state index contributed by atoms with van der Waals surface area (Å²) in [6.45, 7) is 4.96. The second-order valence-corrected chi connectivity index (χ2v) is 7.04. The van der Waals surface area contributed by atoms with Crippen LogP contribution in [0.3, 0.4) is 0 Å². The fourth-order valence-corrected chi connectivity index (χ4v) is 3.65. The van der Waals surface area contributed by atoms with Crippen molar-refractivity contribution >= 4 is 11.8 Å². The van der Waals surface area contributed by atoms with E-state index in [2.05, 4.69) is 11.9 Å². The van der Waals surface area contributed by atoms with Crippen molar-refractivity contribution in [2.45, 2.75) is 77.6 Å². The minimum absolute atomic E-state index is 0.0385. The lowest BCUT2D eigenvalue weighted by atomic mass is 10.1. The smallest absolute Gasteiger partial charge is 0.198 e. The molecule has 1 atom stereocenters. The number of carboxylic acids is 1. The van der Waals surface area contributed by atoms with E-state index in [1.807, 2.05) is 0 Å². The van der Waals surface area contributed by atoms with Gasteiger partial charge in [-0.2, -0.15) is 0 Å². The minimum atomic E-state index is -1.01. The van der Waals surface area contributed by atoms with E-state index < -0.39 is 5.97 Å². The number of aliphatic carboxylic acids is 1. The maximum absolute atomic E-state index is 10.8. The van der Waals surface area contributed by atoms with Crippen LogP contribution < -0.4 is 5.11 Å². The summed E-state index contributed by atoms with van der Waals surface area (Å²) < 4.78 is 0.557.